The minimum atomic E-state index is -0.401. The predicted octanol–water partition coefficient (Wildman–Crippen LogP) is 2.27. The maximum absolute atomic E-state index is 10.4. The van der Waals surface area contributed by atoms with Crippen molar-refractivity contribution >= 4 is 0 Å². The molecule has 1 N–H and O–H groups in total. The van der Waals surface area contributed by atoms with Crippen molar-refractivity contribution in [1.29, 1.82) is 0 Å². The number of rotatable bonds is 4. The van der Waals surface area contributed by atoms with E-state index in [4.69, 9.17) is 0 Å². The fraction of sp³-hybridized carbons (Fsp3) is 1.00. The normalized spacial score (nSPS) is 31.7. The van der Waals surface area contributed by atoms with Crippen molar-refractivity contribution in [2.45, 2.75) is 51.6 Å². The van der Waals surface area contributed by atoms with E-state index in [1.165, 1.54) is 12.8 Å². The van der Waals surface area contributed by atoms with Gasteiger partial charge in [0.25, 0.3) is 0 Å². The van der Waals surface area contributed by atoms with Crippen molar-refractivity contribution < 1.29 is 5.11 Å². The van der Waals surface area contributed by atoms with Gasteiger partial charge >= 0.3 is 0 Å². The number of likely N-dealkylation sites (N-methyl/N-ethyl adjacent to an activating group) is 1. The second kappa shape index (κ2) is 5.13. The van der Waals surface area contributed by atoms with Gasteiger partial charge in [0.15, 0.2) is 0 Å². The van der Waals surface area contributed by atoms with Gasteiger partial charge < -0.3 is 10.0 Å². The number of hydrogen-bond acceptors (Lipinski definition) is 2. The maximum Gasteiger partial charge on any atom is 0.0777 e. The Morgan fingerprint density at radius 1 is 1.50 bits per heavy atom. The first-order valence-electron chi connectivity index (χ1n) is 5.96. The number of piperidine rings is 1. The molecule has 2 heteroatoms. The number of likely N-dealkylation sites (tertiary alicyclic amines) is 1. The molecule has 1 rings (SSSR count). The van der Waals surface area contributed by atoms with Crippen LogP contribution < -0.4 is 0 Å². The van der Waals surface area contributed by atoms with E-state index in [1.54, 1.807) is 0 Å². The molecule has 84 valence electrons. The first-order valence-corrected chi connectivity index (χ1v) is 5.96. The summed E-state index contributed by atoms with van der Waals surface area (Å²) in [5, 5.41) is 10.4. The van der Waals surface area contributed by atoms with Crippen LogP contribution in [0.25, 0.3) is 0 Å². The number of nitrogens with zero attached hydrogens (tertiary/aromatic N) is 1. The number of hydrogen-bond donors (Lipinski definition) is 1. The van der Waals surface area contributed by atoms with E-state index in [0.29, 0.717) is 5.92 Å². The molecule has 0 aromatic rings. The lowest BCUT2D eigenvalue weighted by molar-refractivity contribution is -0.0400. The van der Waals surface area contributed by atoms with Crippen molar-refractivity contribution in [2.75, 3.05) is 20.1 Å². The second-order valence-corrected chi connectivity index (χ2v) is 5.16. The van der Waals surface area contributed by atoms with Gasteiger partial charge in [0.1, 0.15) is 0 Å². The zero-order valence-corrected chi connectivity index (χ0v) is 9.92. The Balaban J connectivity index is 2.39. The maximum atomic E-state index is 10.4. The zero-order valence-electron chi connectivity index (χ0n) is 9.92. The molecule has 1 aliphatic heterocycles. The third-order valence-corrected chi connectivity index (χ3v) is 3.26. The molecule has 0 aromatic carbocycles. The Hall–Kier alpha value is -0.0800. The molecule has 2 nitrogen and oxygen atoms in total. The number of aliphatic hydroxyl groups is 1. The quantitative estimate of drug-likeness (QED) is 0.751. The minimum Gasteiger partial charge on any atom is -0.389 e. The van der Waals surface area contributed by atoms with Gasteiger partial charge in [-0.25, -0.2) is 0 Å². The van der Waals surface area contributed by atoms with Gasteiger partial charge in [0.2, 0.25) is 0 Å². The van der Waals surface area contributed by atoms with E-state index in [-0.39, 0.29) is 0 Å². The minimum absolute atomic E-state index is 0.401. The van der Waals surface area contributed by atoms with E-state index in [0.717, 1.165) is 32.4 Å². The summed E-state index contributed by atoms with van der Waals surface area (Å²) in [6.45, 7) is 6.48. The summed E-state index contributed by atoms with van der Waals surface area (Å²) in [5.74, 6) is 0.663. The highest BCUT2D eigenvalue weighted by Crippen LogP contribution is 2.28. The lowest BCUT2D eigenvalue weighted by atomic mass is 9.83. The molecular formula is C12H25NO. The van der Waals surface area contributed by atoms with Gasteiger partial charge in [-0.1, -0.05) is 26.7 Å². The Kier molecular flexibility index (Phi) is 4.39. The molecule has 1 aliphatic rings. The third-order valence-electron chi connectivity index (χ3n) is 3.26. The molecule has 0 aromatic heterocycles. The first-order chi connectivity index (χ1) is 6.56. The average molecular weight is 199 g/mol. The molecule has 0 aliphatic carbocycles. The molecule has 0 radical (unpaired) electrons. The standard InChI is InChI=1S/C12H25NO/c1-4-6-11(2)9-12(14)7-5-8-13(3)10-12/h11,14H,4-10H2,1-3H3. The molecule has 2 atom stereocenters. The lowest BCUT2D eigenvalue weighted by Crippen LogP contribution is -2.47. The topological polar surface area (TPSA) is 23.5 Å². The molecule has 0 amide bonds. The molecule has 0 bridgehead atoms. The fourth-order valence-corrected chi connectivity index (χ4v) is 2.75. The van der Waals surface area contributed by atoms with Crippen LogP contribution in [0, 0.1) is 5.92 Å². The number of β-amino-alcohol motifs (C(OH)–C–C–N with tert-alkyl or cyclic N) is 1. The highest BCUT2D eigenvalue weighted by atomic mass is 16.3. The summed E-state index contributed by atoms with van der Waals surface area (Å²) in [7, 11) is 2.11. The second-order valence-electron chi connectivity index (χ2n) is 5.16. The van der Waals surface area contributed by atoms with Crippen molar-refractivity contribution in [3.8, 4) is 0 Å². The van der Waals surface area contributed by atoms with Crippen LogP contribution in [0.4, 0.5) is 0 Å². The largest absolute Gasteiger partial charge is 0.389 e. The van der Waals surface area contributed by atoms with Gasteiger partial charge in [-0.05, 0) is 38.8 Å². The molecule has 2 unspecified atom stereocenters. The third kappa shape index (κ3) is 3.58. The summed E-state index contributed by atoms with van der Waals surface area (Å²) in [5.41, 5.74) is -0.401. The fourth-order valence-electron chi connectivity index (χ4n) is 2.75. The van der Waals surface area contributed by atoms with E-state index in [1.807, 2.05) is 0 Å². The van der Waals surface area contributed by atoms with Gasteiger partial charge in [-0.3, -0.25) is 0 Å². The summed E-state index contributed by atoms with van der Waals surface area (Å²) < 4.78 is 0. The van der Waals surface area contributed by atoms with Crippen LogP contribution in [0.15, 0.2) is 0 Å². The van der Waals surface area contributed by atoms with Gasteiger partial charge in [0, 0.05) is 6.54 Å². The van der Waals surface area contributed by atoms with E-state index < -0.39 is 5.60 Å². The molecule has 1 fully saturated rings. The Morgan fingerprint density at radius 3 is 2.79 bits per heavy atom. The summed E-state index contributed by atoms with van der Waals surface area (Å²) >= 11 is 0. The Bertz CT molecular complexity index is 172. The van der Waals surface area contributed by atoms with Gasteiger partial charge in [0.05, 0.1) is 5.60 Å². The highest BCUT2D eigenvalue weighted by Gasteiger charge is 2.32. The van der Waals surface area contributed by atoms with Gasteiger partial charge in [-0.15, -0.1) is 0 Å². The lowest BCUT2D eigenvalue weighted by Gasteiger charge is -2.39. The molecule has 14 heavy (non-hydrogen) atoms. The monoisotopic (exact) mass is 199 g/mol. The summed E-state index contributed by atoms with van der Waals surface area (Å²) in [6.07, 6.45) is 5.58. The Labute approximate surface area is 88.3 Å². The highest BCUT2D eigenvalue weighted by molar-refractivity contribution is 4.87. The van der Waals surface area contributed by atoms with Crippen LogP contribution in [0.3, 0.4) is 0 Å². The summed E-state index contributed by atoms with van der Waals surface area (Å²) in [4.78, 5) is 2.25. The van der Waals surface area contributed by atoms with Crippen LogP contribution in [0.1, 0.15) is 46.0 Å². The van der Waals surface area contributed by atoms with Crippen LogP contribution >= 0.6 is 0 Å². The van der Waals surface area contributed by atoms with Gasteiger partial charge in [-0.2, -0.15) is 0 Å². The molecule has 0 saturated carbocycles. The first kappa shape index (κ1) is 12.0. The molecular weight excluding hydrogens is 174 g/mol. The predicted molar refractivity (Wildman–Crippen MR) is 60.4 cm³/mol. The van der Waals surface area contributed by atoms with Crippen molar-refractivity contribution in [2.24, 2.45) is 5.92 Å². The van der Waals surface area contributed by atoms with Crippen molar-refractivity contribution in [1.82, 2.24) is 4.90 Å². The van der Waals surface area contributed by atoms with Crippen LogP contribution in [0.2, 0.25) is 0 Å². The van der Waals surface area contributed by atoms with Crippen LogP contribution in [-0.4, -0.2) is 35.7 Å². The zero-order chi connectivity index (χ0) is 10.6. The molecule has 1 saturated heterocycles. The van der Waals surface area contributed by atoms with E-state index in [2.05, 4.69) is 25.8 Å². The SMILES string of the molecule is CCCC(C)CC1(O)CCCN(C)C1. The van der Waals surface area contributed by atoms with E-state index >= 15 is 0 Å². The van der Waals surface area contributed by atoms with Crippen molar-refractivity contribution in [3.05, 3.63) is 0 Å². The molecule has 0 spiro atoms. The average Bonchev–Trinajstić information content (AvgIpc) is 2.02. The van der Waals surface area contributed by atoms with Crippen molar-refractivity contribution in [3.63, 3.8) is 0 Å². The smallest absolute Gasteiger partial charge is 0.0777 e. The summed E-state index contributed by atoms with van der Waals surface area (Å²) in [6, 6.07) is 0. The van der Waals surface area contributed by atoms with E-state index in [9.17, 15) is 5.11 Å². The van der Waals surface area contributed by atoms with Crippen LogP contribution in [-0.2, 0) is 0 Å². The Morgan fingerprint density at radius 2 is 2.21 bits per heavy atom. The van der Waals surface area contributed by atoms with Crippen LogP contribution in [0.5, 0.6) is 0 Å². The molecule has 1 heterocycles.